The summed E-state index contributed by atoms with van der Waals surface area (Å²) in [4.78, 5) is 38.1. The van der Waals surface area contributed by atoms with Gasteiger partial charge in [-0.25, -0.2) is 0 Å². The number of carbonyl (C=O) groups excluding carboxylic acids is 3. The molecule has 63 heavy (non-hydrogen) atoms. The third kappa shape index (κ3) is 51.3. The van der Waals surface area contributed by atoms with Crippen molar-refractivity contribution >= 4 is 17.9 Å². The normalized spacial score (nSPS) is 12.0. The van der Waals surface area contributed by atoms with Crippen molar-refractivity contribution in [3.63, 3.8) is 0 Å². The number of unbranched alkanes of at least 4 members (excludes halogenated alkanes) is 36. The second-order valence-electron chi connectivity index (χ2n) is 20.5. The Morgan fingerprint density at radius 3 is 0.778 bits per heavy atom. The van der Waals surface area contributed by atoms with Crippen molar-refractivity contribution in [2.45, 2.75) is 323 Å². The lowest BCUT2D eigenvalue weighted by atomic mass is 10.0. The van der Waals surface area contributed by atoms with E-state index < -0.39 is 6.10 Å². The topological polar surface area (TPSA) is 78.9 Å². The van der Waals surface area contributed by atoms with Gasteiger partial charge in [-0.15, -0.1) is 0 Å². The van der Waals surface area contributed by atoms with Crippen LogP contribution < -0.4 is 0 Å². The summed E-state index contributed by atoms with van der Waals surface area (Å²) in [5.74, 6) is 0.813. The molecule has 0 aliphatic heterocycles. The fraction of sp³-hybridized carbons (Fsp3) is 0.947. The third-order valence-electron chi connectivity index (χ3n) is 13.0. The van der Waals surface area contributed by atoms with Crippen LogP contribution in [0.1, 0.15) is 317 Å². The van der Waals surface area contributed by atoms with Gasteiger partial charge < -0.3 is 14.2 Å². The lowest BCUT2D eigenvalue weighted by Crippen LogP contribution is -2.30. The summed E-state index contributed by atoms with van der Waals surface area (Å²) < 4.78 is 16.9. The first kappa shape index (κ1) is 61.4. The number of carbonyl (C=O) groups is 3. The van der Waals surface area contributed by atoms with E-state index in [-0.39, 0.29) is 31.1 Å². The molecule has 374 valence electrons. The minimum absolute atomic E-state index is 0.0632. The summed E-state index contributed by atoms with van der Waals surface area (Å²) in [7, 11) is 0. The fourth-order valence-electron chi connectivity index (χ4n) is 8.70. The number of hydrogen-bond acceptors (Lipinski definition) is 6. The standard InChI is InChI=1S/C57H110O6/c1-6-7-8-9-10-11-12-13-15-19-22-27-32-37-42-47-55(58)61-50-54(63-57(60)49-44-39-34-29-24-26-31-36-41-46-53(4)5)51-62-56(59)48-43-38-33-28-23-20-17-14-16-18-21-25-30-35-40-45-52(2)3/h52-54H,6-51H2,1-5H3/t54-/m1/s1. The largest absolute Gasteiger partial charge is 0.462 e. The van der Waals surface area contributed by atoms with Gasteiger partial charge in [-0.2, -0.15) is 0 Å². The minimum Gasteiger partial charge on any atom is -0.462 e. The molecule has 0 amide bonds. The molecular formula is C57H110O6. The quantitative estimate of drug-likeness (QED) is 0.0344. The Hall–Kier alpha value is -1.59. The second kappa shape index (κ2) is 49.8. The average molecular weight is 892 g/mol. The molecule has 0 saturated heterocycles. The van der Waals surface area contributed by atoms with E-state index >= 15 is 0 Å². The highest BCUT2D eigenvalue weighted by Gasteiger charge is 2.19. The first-order valence-corrected chi connectivity index (χ1v) is 28.2. The molecule has 6 heteroatoms. The maximum atomic E-state index is 12.8. The zero-order valence-electron chi connectivity index (χ0n) is 43.2. The summed E-state index contributed by atoms with van der Waals surface area (Å²) in [6.45, 7) is 11.4. The Bertz CT molecular complexity index is 962. The Morgan fingerprint density at radius 2 is 0.524 bits per heavy atom. The van der Waals surface area contributed by atoms with E-state index in [4.69, 9.17) is 14.2 Å². The minimum atomic E-state index is -0.762. The summed E-state index contributed by atoms with van der Waals surface area (Å²) >= 11 is 0. The molecule has 0 N–H and O–H groups in total. The van der Waals surface area contributed by atoms with Crippen LogP contribution >= 0.6 is 0 Å². The van der Waals surface area contributed by atoms with E-state index in [2.05, 4.69) is 34.6 Å². The Morgan fingerprint density at radius 1 is 0.302 bits per heavy atom. The van der Waals surface area contributed by atoms with Gasteiger partial charge in [0.15, 0.2) is 6.10 Å². The van der Waals surface area contributed by atoms with Crippen LogP contribution in [-0.4, -0.2) is 37.2 Å². The van der Waals surface area contributed by atoms with Crippen LogP contribution in [0.15, 0.2) is 0 Å². The lowest BCUT2D eigenvalue weighted by Gasteiger charge is -2.18. The first-order chi connectivity index (χ1) is 30.7. The van der Waals surface area contributed by atoms with Gasteiger partial charge in [0, 0.05) is 19.3 Å². The number of ether oxygens (including phenoxy) is 3. The summed E-state index contributed by atoms with van der Waals surface area (Å²) in [6, 6.07) is 0. The van der Waals surface area contributed by atoms with E-state index in [9.17, 15) is 14.4 Å². The summed E-state index contributed by atoms with van der Waals surface area (Å²) in [6.07, 6.45) is 52.4. The van der Waals surface area contributed by atoms with Crippen molar-refractivity contribution in [2.75, 3.05) is 13.2 Å². The van der Waals surface area contributed by atoms with Gasteiger partial charge >= 0.3 is 17.9 Å². The van der Waals surface area contributed by atoms with Gasteiger partial charge in [-0.05, 0) is 31.1 Å². The van der Waals surface area contributed by atoms with Gasteiger partial charge in [0.25, 0.3) is 0 Å². The van der Waals surface area contributed by atoms with Crippen molar-refractivity contribution in [1.29, 1.82) is 0 Å². The van der Waals surface area contributed by atoms with Crippen LogP contribution in [0.25, 0.3) is 0 Å². The highest BCUT2D eigenvalue weighted by atomic mass is 16.6. The predicted octanol–water partition coefficient (Wildman–Crippen LogP) is 18.5. The van der Waals surface area contributed by atoms with Crippen molar-refractivity contribution in [3.05, 3.63) is 0 Å². The molecular weight excluding hydrogens is 781 g/mol. The molecule has 0 heterocycles. The van der Waals surface area contributed by atoms with Gasteiger partial charge in [-0.3, -0.25) is 14.4 Å². The molecule has 0 aliphatic carbocycles. The van der Waals surface area contributed by atoms with Crippen LogP contribution in [0.4, 0.5) is 0 Å². The average Bonchev–Trinajstić information content (AvgIpc) is 3.25. The third-order valence-corrected chi connectivity index (χ3v) is 13.0. The molecule has 0 aromatic carbocycles. The van der Waals surface area contributed by atoms with Crippen LogP contribution in [0.5, 0.6) is 0 Å². The molecule has 0 spiro atoms. The predicted molar refractivity (Wildman–Crippen MR) is 270 cm³/mol. The molecule has 0 saturated carbocycles. The highest BCUT2D eigenvalue weighted by molar-refractivity contribution is 5.71. The molecule has 0 bridgehead atoms. The SMILES string of the molecule is CCCCCCCCCCCCCCCCCC(=O)OC[C@H](COC(=O)CCCCCCCCCCCCCCCCCC(C)C)OC(=O)CCCCCCCCCCCC(C)C. The fourth-order valence-corrected chi connectivity index (χ4v) is 8.70. The number of rotatable bonds is 51. The molecule has 6 nitrogen and oxygen atoms in total. The van der Waals surface area contributed by atoms with E-state index in [0.717, 1.165) is 69.6 Å². The van der Waals surface area contributed by atoms with Crippen molar-refractivity contribution < 1.29 is 28.6 Å². The van der Waals surface area contributed by atoms with Gasteiger partial charge in [0.1, 0.15) is 13.2 Å². The lowest BCUT2D eigenvalue weighted by molar-refractivity contribution is -0.167. The van der Waals surface area contributed by atoms with Crippen LogP contribution in [0, 0.1) is 11.8 Å². The van der Waals surface area contributed by atoms with Crippen molar-refractivity contribution in [3.8, 4) is 0 Å². The Labute approximate surface area is 393 Å². The van der Waals surface area contributed by atoms with Crippen LogP contribution in [0.2, 0.25) is 0 Å². The maximum absolute atomic E-state index is 12.8. The van der Waals surface area contributed by atoms with Gasteiger partial charge in [0.05, 0.1) is 0 Å². The summed E-state index contributed by atoms with van der Waals surface area (Å²) in [5.41, 5.74) is 0. The van der Waals surface area contributed by atoms with Crippen LogP contribution in [-0.2, 0) is 28.6 Å². The molecule has 0 rings (SSSR count). The molecule has 0 aliphatic rings. The van der Waals surface area contributed by atoms with Gasteiger partial charge in [0.2, 0.25) is 0 Å². The smallest absolute Gasteiger partial charge is 0.306 e. The van der Waals surface area contributed by atoms with Gasteiger partial charge in [-0.1, -0.05) is 279 Å². The zero-order valence-corrected chi connectivity index (χ0v) is 43.2. The molecule has 0 radical (unpaired) electrons. The molecule has 0 aromatic heterocycles. The number of hydrogen-bond donors (Lipinski definition) is 0. The maximum Gasteiger partial charge on any atom is 0.306 e. The zero-order chi connectivity index (χ0) is 46.1. The molecule has 1 atom stereocenters. The first-order valence-electron chi connectivity index (χ1n) is 28.2. The monoisotopic (exact) mass is 891 g/mol. The van der Waals surface area contributed by atoms with Crippen molar-refractivity contribution in [1.82, 2.24) is 0 Å². The summed E-state index contributed by atoms with van der Waals surface area (Å²) in [5, 5.41) is 0. The molecule has 0 fully saturated rings. The van der Waals surface area contributed by atoms with E-state index in [1.807, 2.05) is 0 Å². The highest BCUT2D eigenvalue weighted by Crippen LogP contribution is 2.18. The second-order valence-corrected chi connectivity index (χ2v) is 20.5. The molecule has 0 aromatic rings. The van der Waals surface area contributed by atoms with E-state index in [1.165, 1.54) is 205 Å². The van der Waals surface area contributed by atoms with Crippen molar-refractivity contribution in [2.24, 2.45) is 11.8 Å². The number of esters is 3. The molecule has 0 unspecified atom stereocenters. The van der Waals surface area contributed by atoms with Crippen LogP contribution in [0.3, 0.4) is 0 Å². The Balaban J connectivity index is 4.27. The van der Waals surface area contributed by atoms with E-state index in [0.29, 0.717) is 19.3 Å². The Kier molecular flexibility index (Phi) is 48.6. The van der Waals surface area contributed by atoms with E-state index in [1.54, 1.807) is 0 Å².